The van der Waals surface area contributed by atoms with Crippen molar-refractivity contribution < 1.29 is 4.42 Å². The Bertz CT molecular complexity index is 10000. The van der Waals surface area contributed by atoms with E-state index < -0.39 is 0 Å². The molecule has 0 aliphatic rings. The van der Waals surface area contributed by atoms with Crippen molar-refractivity contribution >= 4 is 206 Å². The highest BCUT2D eigenvalue weighted by Crippen LogP contribution is 2.48. The Hall–Kier alpha value is -18.5. The van der Waals surface area contributed by atoms with Crippen LogP contribution in [0, 0.1) is 0 Å². The van der Waals surface area contributed by atoms with Gasteiger partial charge in [-0.3, -0.25) is 0 Å². The summed E-state index contributed by atoms with van der Waals surface area (Å²) in [5.74, 6) is 0. The molecule has 22 aromatic carbocycles. The highest BCUT2D eigenvalue weighted by molar-refractivity contribution is 7.25. The van der Waals surface area contributed by atoms with Crippen LogP contribution >= 0.6 is 11.3 Å². The molecule has 0 N–H and O–H groups in total. The second-order valence-corrected chi connectivity index (χ2v) is 38.0. The zero-order valence-electron chi connectivity index (χ0n) is 76.4. The number of para-hydroxylation sites is 12. The highest BCUT2D eigenvalue weighted by atomic mass is 32.1. The third-order valence-corrected chi connectivity index (χ3v) is 30.4. The molecule has 682 valence electrons. The molecule has 0 amide bonds. The van der Waals surface area contributed by atoms with Gasteiger partial charge in [-0.05, 0) is 228 Å². The van der Waals surface area contributed by atoms with Gasteiger partial charge in [-0.25, -0.2) is 0 Å². The van der Waals surface area contributed by atoms with E-state index >= 15 is 0 Å². The molecule has 0 saturated carbocycles. The summed E-state index contributed by atoms with van der Waals surface area (Å²) < 4.78 is 25.8. The minimum atomic E-state index is 0. The van der Waals surface area contributed by atoms with Gasteiger partial charge in [0.15, 0.2) is 0 Å². The normalized spacial score (nSPS) is 11.7. The molecule has 0 spiro atoms. The summed E-state index contributed by atoms with van der Waals surface area (Å²) in [5.41, 5.74) is 34.1. The van der Waals surface area contributed by atoms with Gasteiger partial charge < -0.3 is 36.4 Å². The van der Waals surface area contributed by atoms with E-state index in [9.17, 15) is 0 Å². The van der Waals surface area contributed by atoms with Gasteiger partial charge in [-0.2, -0.15) is 0 Å². The fourth-order valence-corrected chi connectivity index (χ4v) is 24.3. The van der Waals surface area contributed by atoms with Crippen LogP contribution in [0.15, 0.2) is 508 Å². The first-order valence-corrected chi connectivity index (χ1v) is 49.1. The fourth-order valence-electron chi connectivity index (χ4n) is 23.2. The summed E-state index contributed by atoms with van der Waals surface area (Å²) in [5, 5.41) is 22.6. The van der Waals surface area contributed by atoms with Crippen LogP contribution in [0.1, 0.15) is 22.3 Å². The molecule has 9 aromatic heterocycles. The topological polar surface area (TPSA) is 47.6 Å². The standard InChI is InChI=1S/C48H31N3.C42H26N2O.C42H26N2S.3CH4/c1-2-15-34(16-3-1)49-41-22-8-6-20-38(41)40-31-33(28-29-45(40)49)32-14-12-17-35(30-32)50-44-25-11-7-21-39(44)48-46(50)26-13-27-47(48)51-42-23-9-4-18-36(42)37-19-5-10-24-43(37)51;2*1-5-17-35-30(13-1)31-14-2-6-18-36(31)44(35)39-21-10-20-38-42(39)33-16-3-7-19-37(33)43(38)29-12-9-11-27(25-29)28-23-24-41-34(26-28)32-15-4-8-22-40(32)45-41;;;/h1-31H;2*1-26H;3*1H4. The Kier molecular flexibility index (Phi) is 20.6. The number of furan rings is 1. The van der Waals surface area contributed by atoms with E-state index in [1.54, 1.807) is 0 Å². The van der Waals surface area contributed by atoms with E-state index in [0.29, 0.717) is 0 Å². The molecule has 9 heteroatoms. The van der Waals surface area contributed by atoms with Crippen molar-refractivity contribution in [2.75, 3.05) is 0 Å². The molecule has 31 aromatic rings. The molecule has 0 radical (unpaired) electrons. The number of fused-ring (bicyclic) bond motifs is 27. The van der Waals surface area contributed by atoms with Crippen molar-refractivity contribution in [3.8, 4) is 73.2 Å². The monoisotopic (exact) mass is 1860 g/mol. The Morgan fingerprint density at radius 1 is 0.139 bits per heavy atom. The second kappa shape index (κ2) is 34.5. The predicted octanol–water partition coefficient (Wildman–Crippen LogP) is 37.9. The minimum absolute atomic E-state index is 0. The SMILES string of the molecule is C.C.C.c1cc(-c2ccc3oc4ccccc4c3c2)cc(-n2c3ccccc3c3c(-n4c5ccccc5c5ccccc54)cccc32)c1.c1cc(-c2ccc3sc4ccccc4c3c2)cc(-n2c3ccccc3c3c(-n4c5ccccc5c5ccccc54)cccc32)c1.c1ccc(-n2c3ccccc3c3cc(-c4cccc(-n5c6ccccc6c6c(-n7c8ccccc8c8ccccc87)cccc65)c4)ccc32)cc1. The van der Waals surface area contributed by atoms with E-state index in [1.807, 2.05) is 23.5 Å². The molecule has 9 heterocycles. The Morgan fingerprint density at radius 3 is 0.792 bits per heavy atom. The van der Waals surface area contributed by atoms with Gasteiger partial charge in [0.1, 0.15) is 11.2 Å². The third-order valence-electron chi connectivity index (χ3n) is 29.2. The molecule has 0 fully saturated rings. The molecule has 31 rings (SSSR count). The van der Waals surface area contributed by atoms with Crippen LogP contribution in [0.5, 0.6) is 0 Å². The van der Waals surface area contributed by atoms with Crippen LogP contribution in [0.2, 0.25) is 0 Å². The quantitative estimate of drug-likeness (QED) is 0.135. The van der Waals surface area contributed by atoms with E-state index in [-0.39, 0.29) is 22.3 Å². The smallest absolute Gasteiger partial charge is 0.135 e. The lowest BCUT2D eigenvalue weighted by Crippen LogP contribution is -1.97. The van der Waals surface area contributed by atoms with Crippen LogP contribution < -0.4 is 0 Å². The molecule has 0 saturated heterocycles. The lowest BCUT2D eigenvalue weighted by Gasteiger charge is -2.12. The number of rotatable bonds is 10. The van der Waals surface area contributed by atoms with E-state index in [1.165, 1.54) is 229 Å². The van der Waals surface area contributed by atoms with Crippen LogP contribution in [0.4, 0.5) is 0 Å². The van der Waals surface area contributed by atoms with Gasteiger partial charge in [-0.1, -0.05) is 332 Å². The summed E-state index contributed by atoms with van der Waals surface area (Å²) in [7, 11) is 0. The lowest BCUT2D eigenvalue weighted by atomic mass is 10.0. The van der Waals surface area contributed by atoms with Crippen LogP contribution in [-0.4, -0.2) is 32.0 Å². The van der Waals surface area contributed by atoms with Gasteiger partial charge in [0, 0.05) is 129 Å². The summed E-state index contributed by atoms with van der Waals surface area (Å²) >= 11 is 1.86. The first kappa shape index (κ1) is 85.8. The summed E-state index contributed by atoms with van der Waals surface area (Å²) in [6, 6.07) is 183. The zero-order chi connectivity index (χ0) is 92.4. The Morgan fingerprint density at radius 2 is 0.389 bits per heavy atom. The number of thiophene rings is 1. The molecule has 144 heavy (non-hydrogen) atoms. The summed E-state index contributed by atoms with van der Waals surface area (Å²) in [4.78, 5) is 0. The van der Waals surface area contributed by atoms with Crippen LogP contribution in [0.3, 0.4) is 0 Å². The second-order valence-electron chi connectivity index (χ2n) is 36.9. The zero-order valence-corrected chi connectivity index (χ0v) is 77.2. The first-order chi connectivity index (χ1) is 70.0. The maximum Gasteiger partial charge on any atom is 0.135 e. The number of hydrogen-bond donors (Lipinski definition) is 0. The van der Waals surface area contributed by atoms with Crippen molar-refractivity contribution in [3.63, 3.8) is 0 Å². The number of benzene rings is 22. The third kappa shape index (κ3) is 13.3. The van der Waals surface area contributed by atoms with Crippen molar-refractivity contribution in [1.82, 2.24) is 32.0 Å². The van der Waals surface area contributed by atoms with Gasteiger partial charge in [-0.15, -0.1) is 11.3 Å². The molecule has 0 bridgehead atoms. The van der Waals surface area contributed by atoms with Crippen molar-refractivity contribution in [3.05, 3.63) is 504 Å². The Balaban J connectivity index is 0.000000109. The number of hydrogen-bond acceptors (Lipinski definition) is 2. The number of aromatic nitrogens is 7. The van der Waals surface area contributed by atoms with Crippen LogP contribution in [-0.2, 0) is 0 Å². The molecule has 0 unspecified atom stereocenters. The highest BCUT2D eigenvalue weighted by Gasteiger charge is 2.26. The fraction of sp³-hybridized carbons (Fsp3) is 0.0222. The van der Waals surface area contributed by atoms with E-state index in [0.717, 1.165) is 39.0 Å². The molecular formula is C135H95N7OS. The molecule has 0 atom stereocenters. The van der Waals surface area contributed by atoms with Crippen molar-refractivity contribution in [2.45, 2.75) is 22.3 Å². The largest absolute Gasteiger partial charge is 0.456 e. The molecule has 0 aliphatic carbocycles. The molecular weight excluding hydrogens is 1770 g/mol. The number of nitrogens with zero attached hydrogens (tertiary/aromatic N) is 7. The van der Waals surface area contributed by atoms with Crippen molar-refractivity contribution in [1.29, 1.82) is 0 Å². The summed E-state index contributed by atoms with van der Waals surface area (Å²) in [6.07, 6.45) is 0. The summed E-state index contributed by atoms with van der Waals surface area (Å²) in [6.45, 7) is 0. The van der Waals surface area contributed by atoms with E-state index in [2.05, 4.69) is 523 Å². The van der Waals surface area contributed by atoms with Crippen LogP contribution in [0.25, 0.3) is 268 Å². The Labute approximate surface area is 835 Å². The van der Waals surface area contributed by atoms with Gasteiger partial charge in [0.2, 0.25) is 0 Å². The maximum atomic E-state index is 6.11. The minimum Gasteiger partial charge on any atom is -0.456 e. The maximum absolute atomic E-state index is 6.11. The average molecular weight is 1860 g/mol. The molecule has 8 nitrogen and oxygen atoms in total. The van der Waals surface area contributed by atoms with Gasteiger partial charge in [0.25, 0.3) is 0 Å². The first-order valence-electron chi connectivity index (χ1n) is 48.3. The van der Waals surface area contributed by atoms with Gasteiger partial charge in [0.05, 0.1) is 94.3 Å². The van der Waals surface area contributed by atoms with Crippen molar-refractivity contribution in [2.24, 2.45) is 0 Å². The van der Waals surface area contributed by atoms with Gasteiger partial charge >= 0.3 is 0 Å². The van der Waals surface area contributed by atoms with E-state index in [4.69, 9.17) is 4.42 Å². The lowest BCUT2D eigenvalue weighted by molar-refractivity contribution is 0.669. The predicted molar refractivity (Wildman–Crippen MR) is 616 cm³/mol. The molecule has 0 aliphatic heterocycles. The average Bonchev–Trinajstić information content (AvgIpc) is 1.57.